The fraction of sp³-hybridized carbons (Fsp3) is 0.600. The maximum Gasteiger partial charge on any atom is 0.492 e. The highest BCUT2D eigenvalue weighted by Gasteiger charge is 2.52. The number of ether oxygens (including phenoxy) is 1. The van der Waals surface area contributed by atoms with Crippen molar-refractivity contribution in [3.63, 3.8) is 0 Å². The number of pyridine rings is 1. The topological polar surface area (TPSA) is 69.7 Å². The van der Waals surface area contributed by atoms with Gasteiger partial charge in [-0.05, 0) is 78.6 Å². The van der Waals surface area contributed by atoms with Crippen LogP contribution in [-0.4, -0.2) is 41.5 Å². The molecule has 0 saturated carbocycles. The third-order valence-electron chi connectivity index (χ3n) is 4.80. The number of hydrogen-bond donors (Lipinski definition) is 1. The lowest BCUT2D eigenvalue weighted by Crippen LogP contribution is -2.41. The maximum absolute atomic E-state index is 12.1. The molecule has 6 nitrogen and oxygen atoms in total. The van der Waals surface area contributed by atoms with E-state index in [1.807, 2.05) is 67.5 Å². The zero-order valence-corrected chi connectivity index (χ0v) is 18.7. The summed E-state index contributed by atoms with van der Waals surface area (Å²) >= 11 is 6.01. The number of nitrogens with one attached hydrogen (secondary N) is 1. The molecule has 0 aliphatic carbocycles. The monoisotopic (exact) mass is 408 g/mol. The molecule has 0 spiro atoms. The molecular weight excluding hydrogens is 378 g/mol. The average molecular weight is 409 g/mol. The molecule has 0 aromatic carbocycles. The third-order valence-corrected chi connectivity index (χ3v) is 5.01. The molecular formula is C20H30BClN2O4. The first-order chi connectivity index (χ1) is 12.7. The van der Waals surface area contributed by atoms with Crippen LogP contribution in [0.25, 0.3) is 6.08 Å². The summed E-state index contributed by atoms with van der Waals surface area (Å²) in [6, 6.07) is 1.84. The number of rotatable bonds is 4. The molecule has 8 heteroatoms. The molecule has 28 heavy (non-hydrogen) atoms. The summed E-state index contributed by atoms with van der Waals surface area (Å²) in [6.07, 6.45) is 2.95. The molecule has 1 fully saturated rings. The van der Waals surface area contributed by atoms with Crippen LogP contribution in [0.15, 0.2) is 17.7 Å². The summed E-state index contributed by atoms with van der Waals surface area (Å²) in [6.45, 7) is 15.5. The number of carbonyl (C=O) groups is 1. The van der Waals surface area contributed by atoms with E-state index in [2.05, 4.69) is 10.3 Å². The van der Waals surface area contributed by atoms with Gasteiger partial charge in [0.05, 0.1) is 21.9 Å². The van der Waals surface area contributed by atoms with E-state index in [0.29, 0.717) is 5.02 Å². The van der Waals surface area contributed by atoms with Crippen molar-refractivity contribution in [1.82, 2.24) is 10.3 Å². The molecule has 1 aromatic rings. The number of halogens is 1. The lowest BCUT2D eigenvalue weighted by atomic mass is 9.77. The number of aryl methyl sites for hydroxylation is 1. The van der Waals surface area contributed by atoms with Crippen LogP contribution in [0.2, 0.25) is 5.02 Å². The van der Waals surface area contributed by atoms with Gasteiger partial charge in [-0.15, -0.1) is 0 Å². The second kappa shape index (κ2) is 8.05. The van der Waals surface area contributed by atoms with Gasteiger partial charge in [-0.3, -0.25) is 4.98 Å². The van der Waals surface area contributed by atoms with Crippen LogP contribution in [-0.2, 0) is 14.0 Å². The number of hydrogen-bond acceptors (Lipinski definition) is 5. The second-order valence-electron chi connectivity index (χ2n) is 9.02. The smallest absolute Gasteiger partial charge is 0.444 e. The highest BCUT2D eigenvalue weighted by Crippen LogP contribution is 2.38. The van der Waals surface area contributed by atoms with Gasteiger partial charge in [-0.1, -0.05) is 11.6 Å². The summed E-state index contributed by atoms with van der Waals surface area (Å²) in [5, 5.41) is 3.35. The van der Waals surface area contributed by atoms with Crippen molar-refractivity contribution in [2.75, 3.05) is 6.54 Å². The van der Waals surface area contributed by atoms with E-state index in [-0.39, 0.29) is 6.54 Å². The Morgan fingerprint density at radius 3 is 2.36 bits per heavy atom. The Balaban J connectivity index is 2.28. The van der Waals surface area contributed by atoms with Gasteiger partial charge in [0.2, 0.25) is 0 Å². The molecule has 0 atom stereocenters. The first kappa shape index (κ1) is 22.7. The van der Waals surface area contributed by atoms with Crippen LogP contribution >= 0.6 is 11.6 Å². The first-order valence-corrected chi connectivity index (χ1v) is 9.73. The predicted octanol–water partition coefficient (Wildman–Crippen LogP) is 4.58. The normalized spacial score (nSPS) is 18.9. The summed E-state index contributed by atoms with van der Waals surface area (Å²) in [5.74, 6) is 0. The molecule has 1 aromatic heterocycles. The summed E-state index contributed by atoms with van der Waals surface area (Å²) in [5.41, 5.74) is 0.824. The molecule has 0 radical (unpaired) electrons. The van der Waals surface area contributed by atoms with Gasteiger partial charge in [0.25, 0.3) is 0 Å². The van der Waals surface area contributed by atoms with Gasteiger partial charge >= 0.3 is 13.2 Å². The maximum atomic E-state index is 12.1. The standard InChI is InChI=1S/C20H30BClN2O4/c1-13-9-15(22)12-23-16(13)10-14(11-24-17(25)26-18(2,3)4)21-27-19(5,6)20(7,8)28-21/h9-10,12H,11H2,1-8H3,(H,24,25). The van der Waals surface area contributed by atoms with E-state index in [1.54, 1.807) is 6.20 Å². The fourth-order valence-corrected chi connectivity index (χ4v) is 2.78. The van der Waals surface area contributed by atoms with Crippen LogP contribution in [0.5, 0.6) is 0 Å². The quantitative estimate of drug-likeness (QED) is 0.738. The summed E-state index contributed by atoms with van der Waals surface area (Å²) in [4.78, 5) is 16.5. The van der Waals surface area contributed by atoms with Crippen LogP contribution in [0.4, 0.5) is 4.79 Å². The summed E-state index contributed by atoms with van der Waals surface area (Å²) < 4.78 is 17.6. The minimum Gasteiger partial charge on any atom is -0.444 e. The Kier molecular flexibility index (Phi) is 6.53. The SMILES string of the molecule is Cc1cc(Cl)cnc1C=C(CNC(=O)OC(C)(C)C)B1OC(C)(C)C(C)(C)O1. The fourth-order valence-electron chi connectivity index (χ4n) is 2.56. The minimum absolute atomic E-state index is 0.204. The molecule has 1 saturated heterocycles. The lowest BCUT2D eigenvalue weighted by Gasteiger charge is -2.32. The lowest BCUT2D eigenvalue weighted by molar-refractivity contribution is 0.00578. The van der Waals surface area contributed by atoms with E-state index >= 15 is 0 Å². The Morgan fingerprint density at radius 1 is 1.29 bits per heavy atom. The van der Waals surface area contributed by atoms with E-state index in [4.69, 9.17) is 25.6 Å². The molecule has 1 N–H and O–H groups in total. The largest absolute Gasteiger partial charge is 0.492 e. The molecule has 2 heterocycles. The van der Waals surface area contributed by atoms with Gasteiger partial charge in [0.15, 0.2) is 0 Å². The summed E-state index contributed by atoms with van der Waals surface area (Å²) in [7, 11) is -0.614. The highest BCUT2D eigenvalue weighted by atomic mass is 35.5. The van der Waals surface area contributed by atoms with Crippen molar-refractivity contribution in [3.05, 3.63) is 34.0 Å². The zero-order valence-electron chi connectivity index (χ0n) is 18.0. The Bertz CT molecular complexity index is 756. The second-order valence-corrected chi connectivity index (χ2v) is 9.46. The number of carbonyl (C=O) groups excluding carboxylic acids is 1. The van der Waals surface area contributed by atoms with Crippen LogP contribution in [0.3, 0.4) is 0 Å². The van der Waals surface area contributed by atoms with Crippen molar-refractivity contribution in [2.45, 2.75) is 72.2 Å². The zero-order chi connectivity index (χ0) is 21.3. The molecule has 1 aliphatic heterocycles. The Morgan fingerprint density at radius 2 is 1.86 bits per heavy atom. The Hall–Kier alpha value is -1.57. The van der Waals surface area contributed by atoms with Gasteiger partial charge in [0.1, 0.15) is 5.60 Å². The number of nitrogens with zero attached hydrogens (tertiary/aromatic N) is 1. The average Bonchev–Trinajstić information content (AvgIpc) is 2.71. The van der Waals surface area contributed by atoms with Crippen LogP contribution < -0.4 is 5.32 Å². The van der Waals surface area contributed by atoms with E-state index < -0.39 is 30.0 Å². The van der Waals surface area contributed by atoms with Gasteiger partial charge < -0.3 is 19.4 Å². The van der Waals surface area contributed by atoms with Crippen molar-refractivity contribution in [3.8, 4) is 0 Å². The van der Waals surface area contributed by atoms with E-state index in [0.717, 1.165) is 16.7 Å². The van der Waals surface area contributed by atoms with Crippen molar-refractivity contribution in [1.29, 1.82) is 0 Å². The number of aromatic nitrogens is 1. The molecule has 154 valence electrons. The van der Waals surface area contributed by atoms with Gasteiger partial charge in [-0.2, -0.15) is 0 Å². The highest BCUT2D eigenvalue weighted by molar-refractivity contribution is 6.56. The Labute approximate surface area is 173 Å². The van der Waals surface area contributed by atoms with Crippen LogP contribution in [0, 0.1) is 6.92 Å². The molecule has 2 rings (SSSR count). The molecule has 1 amide bonds. The molecule has 1 aliphatic rings. The van der Waals surface area contributed by atoms with E-state index in [9.17, 15) is 4.79 Å². The van der Waals surface area contributed by atoms with Crippen molar-refractivity contribution < 1.29 is 18.8 Å². The van der Waals surface area contributed by atoms with Gasteiger partial charge in [-0.25, -0.2) is 4.79 Å². The third kappa shape index (κ3) is 5.72. The van der Waals surface area contributed by atoms with Crippen molar-refractivity contribution in [2.24, 2.45) is 0 Å². The first-order valence-electron chi connectivity index (χ1n) is 9.35. The van der Waals surface area contributed by atoms with Gasteiger partial charge in [0, 0.05) is 12.7 Å². The number of alkyl carbamates (subject to hydrolysis) is 1. The molecule has 0 bridgehead atoms. The van der Waals surface area contributed by atoms with E-state index in [1.165, 1.54) is 0 Å². The minimum atomic E-state index is -0.614. The molecule has 0 unspecified atom stereocenters. The predicted molar refractivity (Wildman–Crippen MR) is 112 cm³/mol. The van der Waals surface area contributed by atoms with Crippen LogP contribution in [0.1, 0.15) is 59.7 Å². The number of amides is 1. The van der Waals surface area contributed by atoms with Crippen molar-refractivity contribution >= 4 is 30.9 Å².